The first-order chi connectivity index (χ1) is 11.9. The molecule has 0 bridgehead atoms. The van der Waals surface area contributed by atoms with Crippen molar-refractivity contribution in [1.29, 1.82) is 0 Å². The predicted molar refractivity (Wildman–Crippen MR) is 99.0 cm³/mol. The van der Waals surface area contributed by atoms with Crippen LogP contribution in [0.5, 0.6) is 0 Å². The van der Waals surface area contributed by atoms with Crippen LogP contribution >= 0.6 is 11.3 Å². The number of H-pyrrole nitrogens is 1. The summed E-state index contributed by atoms with van der Waals surface area (Å²) >= 11 is 1.58. The summed E-state index contributed by atoms with van der Waals surface area (Å²) in [5.74, 6) is 0.836. The molecule has 4 nitrogen and oxygen atoms in total. The zero-order chi connectivity index (χ0) is 15.9. The molecule has 0 atom stereocenters. The third-order valence-electron chi connectivity index (χ3n) is 4.56. The van der Waals surface area contributed by atoms with Crippen molar-refractivity contribution >= 4 is 33.7 Å². The fraction of sp³-hybridized carbons (Fsp3) is 0.158. The molecular formula is C19H16N4S. The van der Waals surface area contributed by atoms with Crippen LogP contribution in [0, 0.1) is 0 Å². The van der Waals surface area contributed by atoms with Crippen molar-refractivity contribution in [3.05, 3.63) is 58.9 Å². The number of anilines is 2. The van der Waals surface area contributed by atoms with Gasteiger partial charge in [-0.25, -0.2) is 9.97 Å². The van der Waals surface area contributed by atoms with Gasteiger partial charge in [-0.2, -0.15) is 0 Å². The molecule has 3 heterocycles. The largest absolute Gasteiger partial charge is 0.341 e. The van der Waals surface area contributed by atoms with E-state index in [2.05, 4.69) is 62.3 Å². The van der Waals surface area contributed by atoms with Crippen molar-refractivity contribution in [2.45, 2.75) is 12.8 Å². The molecule has 24 heavy (non-hydrogen) atoms. The van der Waals surface area contributed by atoms with Crippen LogP contribution in [0.15, 0.2) is 53.4 Å². The number of thiazole rings is 1. The summed E-state index contributed by atoms with van der Waals surface area (Å²) in [5, 5.41) is 2.01. The minimum atomic E-state index is 0.836. The lowest BCUT2D eigenvalue weighted by atomic mass is 10.0. The van der Waals surface area contributed by atoms with Crippen molar-refractivity contribution in [2.75, 3.05) is 11.4 Å². The maximum absolute atomic E-state index is 4.66. The van der Waals surface area contributed by atoms with Gasteiger partial charge < -0.3 is 9.88 Å². The summed E-state index contributed by atoms with van der Waals surface area (Å²) in [5.41, 5.74) is 8.73. The lowest BCUT2D eigenvalue weighted by molar-refractivity contribution is 0.767. The van der Waals surface area contributed by atoms with Crippen LogP contribution in [0.4, 0.5) is 11.4 Å². The van der Waals surface area contributed by atoms with E-state index in [0.29, 0.717) is 0 Å². The molecule has 5 heteroatoms. The molecule has 1 N–H and O–H groups in total. The first-order valence-electron chi connectivity index (χ1n) is 8.12. The molecule has 1 aliphatic rings. The minimum absolute atomic E-state index is 0.836. The second-order valence-electron chi connectivity index (χ2n) is 6.04. The Morgan fingerprint density at radius 2 is 2.08 bits per heavy atom. The molecule has 0 amide bonds. The van der Waals surface area contributed by atoms with Crippen LogP contribution in [0.25, 0.3) is 22.6 Å². The number of fused-ring (bicyclic) bond motifs is 2. The van der Waals surface area contributed by atoms with Crippen LogP contribution in [-0.2, 0) is 6.42 Å². The molecule has 118 valence electrons. The van der Waals surface area contributed by atoms with Crippen molar-refractivity contribution in [2.24, 2.45) is 0 Å². The van der Waals surface area contributed by atoms with Gasteiger partial charge >= 0.3 is 0 Å². The van der Waals surface area contributed by atoms with Gasteiger partial charge in [-0.15, -0.1) is 11.3 Å². The third kappa shape index (κ3) is 2.20. The van der Waals surface area contributed by atoms with E-state index < -0.39 is 0 Å². The lowest BCUT2D eigenvalue weighted by Gasteiger charge is -2.31. The van der Waals surface area contributed by atoms with Gasteiger partial charge in [0.05, 0.1) is 16.5 Å². The summed E-state index contributed by atoms with van der Waals surface area (Å²) in [7, 11) is 0. The van der Waals surface area contributed by atoms with E-state index in [0.717, 1.165) is 35.5 Å². The molecule has 5 rings (SSSR count). The number of nitrogens with one attached hydrogen (secondary N) is 1. The molecule has 0 saturated heterocycles. The van der Waals surface area contributed by atoms with Crippen molar-refractivity contribution in [3.8, 4) is 11.5 Å². The van der Waals surface area contributed by atoms with Crippen molar-refractivity contribution in [1.82, 2.24) is 15.0 Å². The van der Waals surface area contributed by atoms with Gasteiger partial charge in [0, 0.05) is 23.3 Å². The number of aromatic amines is 1. The van der Waals surface area contributed by atoms with Gasteiger partial charge in [0.15, 0.2) is 5.82 Å². The molecule has 0 saturated carbocycles. The summed E-state index contributed by atoms with van der Waals surface area (Å²) in [6, 6.07) is 15.1. The van der Waals surface area contributed by atoms with Crippen LogP contribution in [0.2, 0.25) is 0 Å². The van der Waals surface area contributed by atoms with Crippen LogP contribution in [-0.4, -0.2) is 21.5 Å². The number of hydrogen-bond acceptors (Lipinski definition) is 4. The van der Waals surface area contributed by atoms with Gasteiger partial charge in [0.2, 0.25) is 0 Å². The number of nitrogens with zero attached hydrogens (tertiary/aromatic N) is 3. The van der Waals surface area contributed by atoms with E-state index in [4.69, 9.17) is 0 Å². The van der Waals surface area contributed by atoms with E-state index in [1.807, 2.05) is 10.9 Å². The summed E-state index contributed by atoms with van der Waals surface area (Å²) in [4.78, 5) is 14.8. The van der Waals surface area contributed by atoms with Gasteiger partial charge in [0.1, 0.15) is 5.69 Å². The molecule has 0 spiro atoms. The van der Waals surface area contributed by atoms with Crippen LogP contribution < -0.4 is 4.90 Å². The smallest absolute Gasteiger partial charge is 0.158 e. The highest BCUT2D eigenvalue weighted by Crippen LogP contribution is 2.34. The number of aromatic nitrogens is 3. The summed E-state index contributed by atoms with van der Waals surface area (Å²) in [6.07, 6.45) is 2.34. The number of benzene rings is 2. The number of rotatable bonds is 2. The van der Waals surface area contributed by atoms with E-state index in [-0.39, 0.29) is 0 Å². The Morgan fingerprint density at radius 3 is 3.00 bits per heavy atom. The van der Waals surface area contributed by atoms with Gasteiger partial charge in [-0.3, -0.25) is 0 Å². The highest BCUT2D eigenvalue weighted by molar-refractivity contribution is 7.07. The van der Waals surface area contributed by atoms with E-state index in [9.17, 15) is 0 Å². The SMILES string of the molecule is c1ccc2c(c1)CCCN2c1ccc2nc(-c3cscn3)[nH]c2c1. The Labute approximate surface area is 143 Å². The number of hydrogen-bond donors (Lipinski definition) is 1. The Bertz CT molecular complexity index is 1000. The number of para-hydroxylation sites is 1. The highest BCUT2D eigenvalue weighted by atomic mass is 32.1. The molecule has 0 radical (unpaired) electrons. The summed E-state index contributed by atoms with van der Waals surface area (Å²) < 4.78 is 0. The molecule has 2 aromatic heterocycles. The van der Waals surface area contributed by atoms with E-state index >= 15 is 0 Å². The Hall–Kier alpha value is -2.66. The standard InChI is InChI=1S/C19H16N4S/c1-2-6-18-13(4-1)5-3-9-23(18)14-7-8-15-16(10-14)22-19(21-15)17-11-24-12-20-17/h1-2,4,6-8,10-12H,3,5,9H2,(H,21,22). The zero-order valence-corrected chi connectivity index (χ0v) is 13.9. The van der Waals surface area contributed by atoms with Gasteiger partial charge in [0.25, 0.3) is 0 Å². The Morgan fingerprint density at radius 1 is 1.12 bits per heavy atom. The Balaban J connectivity index is 1.59. The van der Waals surface area contributed by atoms with E-state index in [1.54, 1.807) is 11.3 Å². The van der Waals surface area contributed by atoms with Crippen LogP contribution in [0.1, 0.15) is 12.0 Å². The molecule has 2 aromatic carbocycles. The number of aryl methyl sites for hydroxylation is 1. The fourth-order valence-electron chi connectivity index (χ4n) is 3.42. The third-order valence-corrected chi connectivity index (χ3v) is 5.15. The predicted octanol–water partition coefficient (Wildman–Crippen LogP) is 4.77. The molecule has 0 fully saturated rings. The normalized spacial score (nSPS) is 14.1. The topological polar surface area (TPSA) is 44.8 Å². The van der Waals surface area contributed by atoms with Crippen molar-refractivity contribution < 1.29 is 0 Å². The quantitative estimate of drug-likeness (QED) is 0.575. The van der Waals surface area contributed by atoms with Crippen LogP contribution in [0.3, 0.4) is 0 Å². The minimum Gasteiger partial charge on any atom is -0.341 e. The molecule has 0 unspecified atom stereocenters. The van der Waals surface area contributed by atoms with E-state index in [1.165, 1.54) is 23.4 Å². The molecule has 0 aliphatic carbocycles. The summed E-state index contributed by atoms with van der Waals surface area (Å²) in [6.45, 7) is 1.05. The first-order valence-corrected chi connectivity index (χ1v) is 9.06. The average Bonchev–Trinajstić information content (AvgIpc) is 3.29. The number of imidazole rings is 1. The molecular weight excluding hydrogens is 316 g/mol. The monoisotopic (exact) mass is 332 g/mol. The average molecular weight is 332 g/mol. The maximum Gasteiger partial charge on any atom is 0.158 e. The second-order valence-corrected chi connectivity index (χ2v) is 6.76. The fourth-order valence-corrected chi connectivity index (χ4v) is 3.95. The lowest BCUT2D eigenvalue weighted by Crippen LogP contribution is -2.24. The molecule has 1 aliphatic heterocycles. The Kier molecular flexibility index (Phi) is 3.13. The zero-order valence-electron chi connectivity index (χ0n) is 13.1. The van der Waals surface area contributed by atoms with Crippen molar-refractivity contribution in [3.63, 3.8) is 0 Å². The second kappa shape index (κ2) is 5.46. The van der Waals surface area contributed by atoms with Gasteiger partial charge in [-0.05, 0) is 42.7 Å². The maximum atomic E-state index is 4.66. The first kappa shape index (κ1) is 13.7. The molecule has 4 aromatic rings. The van der Waals surface area contributed by atoms with Gasteiger partial charge in [-0.1, -0.05) is 18.2 Å². The highest BCUT2D eigenvalue weighted by Gasteiger charge is 2.18.